The molecular formula is C15H18N2O4. The van der Waals surface area contributed by atoms with Gasteiger partial charge < -0.3 is 15.2 Å². The van der Waals surface area contributed by atoms with Crippen molar-refractivity contribution in [1.29, 1.82) is 0 Å². The Bertz CT molecular complexity index is 587. The number of nitrogens with zero attached hydrogens (tertiary/aromatic N) is 1. The zero-order chi connectivity index (χ0) is 15.8. The van der Waals surface area contributed by atoms with Crippen LogP contribution in [0, 0.1) is 0 Å². The summed E-state index contributed by atoms with van der Waals surface area (Å²) in [5, 5.41) is 11.5. The SMILES string of the molecule is COc1cc(C(=O)O)ccc1NC(=O)CN=CC=C(C)C. The summed E-state index contributed by atoms with van der Waals surface area (Å²) in [5.41, 5.74) is 1.58. The molecule has 0 aromatic heterocycles. The molecule has 1 aromatic rings. The van der Waals surface area contributed by atoms with Crippen molar-refractivity contribution in [3.05, 3.63) is 35.4 Å². The van der Waals surface area contributed by atoms with Crippen molar-refractivity contribution < 1.29 is 19.4 Å². The van der Waals surface area contributed by atoms with E-state index in [0.717, 1.165) is 5.57 Å². The molecule has 0 radical (unpaired) electrons. The van der Waals surface area contributed by atoms with E-state index in [9.17, 15) is 9.59 Å². The number of nitrogens with one attached hydrogen (secondary N) is 1. The van der Waals surface area contributed by atoms with Crippen LogP contribution in [-0.2, 0) is 4.79 Å². The minimum atomic E-state index is -1.06. The molecule has 0 bridgehead atoms. The summed E-state index contributed by atoms with van der Waals surface area (Å²) in [6.07, 6.45) is 3.37. The van der Waals surface area contributed by atoms with E-state index >= 15 is 0 Å². The number of hydrogen-bond donors (Lipinski definition) is 2. The second-order valence-corrected chi connectivity index (χ2v) is 4.50. The Balaban J connectivity index is 2.74. The maximum atomic E-state index is 11.7. The number of aliphatic imine (C=N–C) groups is 1. The van der Waals surface area contributed by atoms with E-state index in [-0.39, 0.29) is 23.8 Å². The zero-order valence-electron chi connectivity index (χ0n) is 12.2. The number of amides is 1. The van der Waals surface area contributed by atoms with Crippen LogP contribution < -0.4 is 10.1 Å². The fourth-order valence-electron chi connectivity index (χ4n) is 1.45. The Morgan fingerprint density at radius 1 is 1.38 bits per heavy atom. The highest BCUT2D eigenvalue weighted by Crippen LogP contribution is 2.25. The molecule has 0 saturated heterocycles. The largest absolute Gasteiger partial charge is 0.495 e. The van der Waals surface area contributed by atoms with Crippen molar-refractivity contribution in [2.24, 2.45) is 4.99 Å². The van der Waals surface area contributed by atoms with E-state index < -0.39 is 5.97 Å². The first kappa shape index (κ1) is 16.4. The number of rotatable bonds is 6. The van der Waals surface area contributed by atoms with E-state index in [4.69, 9.17) is 9.84 Å². The van der Waals surface area contributed by atoms with Gasteiger partial charge in [-0.05, 0) is 38.1 Å². The Kier molecular flexibility index (Phi) is 6.13. The molecule has 0 aliphatic heterocycles. The molecule has 112 valence electrons. The molecule has 0 atom stereocenters. The van der Waals surface area contributed by atoms with Crippen molar-refractivity contribution >= 4 is 23.8 Å². The number of hydrogen-bond acceptors (Lipinski definition) is 4. The summed E-state index contributed by atoms with van der Waals surface area (Å²) in [5.74, 6) is -1.08. The average Bonchev–Trinajstić information content (AvgIpc) is 2.43. The third-order valence-electron chi connectivity index (χ3n) is 2.47. The van der Waals surface area contributed by atoms with E-state index in [2.05, 4.69) is 10.3 Å². The van der Waals surface area contributed by atoms with Gasteiger partial charge in [-0.15, -0.1) is 0 Å². The van der Waals surface area contributed by atoms with Gasteiger partial charge in [0.2, 0.25) is 5.91 Å². The Morgan fingerprint density at radius 2 is 2.10 bits per heavy atom. The van der Waals surface area contributed by atoms with E-state index in [1.807, 2.05) is 13.8 Å². The van der Waals surface area contributed by atoms with E-state index in [0.29, 0.717) is 5.69 Å². The smallest absolute Gasteiger partial charge is 0.335 e. The zero-order valence-corrected chi connectivity index (χ0v) is 12.2. The summed E-state index contributed by atoms with van der Waals surface area (Å²) in [6.45, 7) is 3.84. The van der Waals surface area contributed by atoms with Gasteiger partial charge in [-0.3, -0.25) is 9.79 Å². The highest BCUT2D eigenvalue weighted by Gasteiger charge is 2.10. The van der Waals surface area contributed by atoms with Gasteiger partial charge in [0.25, 0.3) is 0 Å². The summed E-state index contributed by atoms with van der Waals surface area (Å²) in [6, 6.07) is 4.23. The number of carboxylic acids is 1. The number of anilines is 1. The van der Waals surface area contributed by atoms with Gasteiger partial charge in [0, 0.05) is 6.21 Å². The summed E-state index contributed by atoms with van der Waals surface area (Å²) in [7, 11) is 1.41. The van der Waals surface area contributed by atoms with Gasteiger partial charge in [-0.25, -0.2) is 4.79 Å². The molecule has 0 spiro atoms. The molecule has 0 aliphatic carbocycles. The molecule has 0 heterocycles. The van der Waals surface area contributed by atoms with Crippen LogP contribution in [0.2, 0.25) is 0 Å². The molecule has 1 rings (SSSR count). The van der Waals surface area contributed by atoms with Crippen LogP contribution in [0.1, 0.15) is 24.2 Å². The first-order chi connectivity index (χ1) is 9.93. The summed E-state index contributed by atoms with van der Waals surface area (Å²) in [4.78, 5) is 26.6. The van der Waals surface area contributed by atoms with Crippen LogP contribution in [0.4, 0.5) is 5.69 Å². The van der Waals surface area contributed by atoms with Crippen LogP contribution in [0.25, 0.3) is 0 Å². The minimum absolute atomic E-state index is 0.0202. The second kappa shape index (κ2) is 7.84. The molecule has 0 saturated carbocycles. The predicted molar refractivity (Wildman–Crippen MR) is 81.4 cm³/mol. The number of methoxy groups -OCH3 is 1. The predicted octanol–water partition coefficient (Wildman–Crippen LogP) is 2.37. The average molecular weight is 290 g/mol. The molecule has 6 nitrogen and oxygen atoms in total. The quantitative estimate of drug-likeness (QED) is 0.787. The lowest BCUT2D eigenvalue weighted by molar-refractivity contribution is -0.114. The molecule has 0 fully saturated rings. The number of allylic oxidation sites excluding steroid dienone is 2. The molecule has 1 amide bonds. The highest BCUT2D eigenvalue weighted by atomic mass is 16.5. The molecule has 21 heavy (non-hydrogen) atoms. The number of carboxylic acid groups (broad SMARTS) is 1. The van der Waals surface area contributed by atoms with Gasteiger partial charge >= 0.3 is 5.97 Å². The molecule has 6 heteroatoms. The number of aromatic carboxylic acids is 1. The van der Waals surface area contributed by atoms with Gasteiger partial charge in [0.15, 0.2) is 0 Å². The van der Waals surface area contributed by atoms with Crippen molar-refractivity contribution in [1.82, 2.24) is 0 Å². The lowest BCUT2D eigenvalue weighted by Gasteiger charge is -2.10. The van der Waals surface area contributed by atoms with Crippen LogP contribution in [0.15, 0.2) is 34.8 Å². The summed E-state index contributed by atoms with van der Waals surface area (Å²) >= 11 is 0. The third-order valence-corrected chi connectivity index (χ3v) is 2.47. The van der Waals surface area contributed by atoms with E-state index in [1.54, 1.807) is 12.3 Å². The number of carbonyl (C=O) groups is 2. The molecular weight excluding hydrogens is 272 g/mol. The number of ether oxygens (including phenoxy) is 1. The van der Waals surface area contributed by atoms with Crippen LogP contribution in [0.3, 0.4) is 0 Å². The maximum absolute atomic E-state index is 11.7. The van der Waals surface area contributed by atoms with Gasteiger partial charge in [-0.2, -0.15) is 0 Å². The number of benzene rings is 1. The van der Waals surface area contributed by atoms with Gasteiger partial charge in [-0.1, -0.05) is 5.57 Å². The van der Waals surface area contributed by atoms with Crippen LogP contribution in [-0.4, -0.2) is 36.9 Å². The molecule has 0 unspecified atom stereocenters. The highest BCUT2D eigenvalue weighted by molar-refractivity contribution is 5.96. The topological polar surface area (TPSA) is 88.0 Å². The molecule has 0 aliphatic rings. The minimum Gasteiger partial charge on any atom is -0.495 e. The first-order valence-corrected chi connectivity index (χ1v) is 6.28. The van der Waals surface area contributed by atoms with Crippen molar-refractivity contribution in [3.63, 3.8) is 0 Å². The molecule has 1 aromatic carbocycles. The van der Waals surface area contributed by atoms with Crippen LogP contribution in [0.5, 0.6) is 5.75 Å². The second-order valence-electron chi connectivity index (χ2n) is 4.50. The normalized spacial score (nSPS) is 10.2. The van der Waals surface area contributed by atoms with E-state index in [1.165, 1.54) is 25.3 Å². The summed E-state index contributed by atoms with van der Waals surface area (Å²) < 4.78 is 5.07. The third kappa shape index (κ3) is 5.48. The lowest BCUT2D eigenvalue weighted by Crippen LogP contribution is -2.15. The van der Waals surface area contributed by atoms with Crippen molar-refractivity contribution in [2.45, 2.75) is 13.8 Å². The van der Waals surface area contributed by atoms with Crippen molar-refractivity contribution in [2.75, 3.05) is 19.0 Å². The van der Waals surface area contributed by atoms with Crippen molar-refractivity contribution in [3.8, 4) is 5.75 Å². The lowest BCUT2D eigenvalue weighted by atomic mass is 10.2. The monoisotopic (exact) mass is 290 g/mol. The number of carbonyl (C=O) groups excluding carboxylic acids is 1. The van der Waals surface area contributed by atoms with Gasteiger partial charge in [0.1, 0.15) is 12.3 Å². The maximum Gasteiger partial charge on any atom is 0.335 e. The van der Waals surface area contributed by atoms with Gasteiger partial charge in [0.05, 0.1) is 18.4 Å². The Morgan fingerprint density at radius 3 is 2.67 bits per heavy atom. The standard InChI is InChI=1S/C15H18N2O4/c1-10(2)6-7-16-9-14(18)17-12-5-4-11(15(19)20)8-13(12)21-3/h4-8H,9H2,1-3H3,(H,17,18)(H,19,20). The fraction of sp³-hybridized carbons (Fsp3) is 0.267. The first-order valence-electron chi connectivity index (χ1n) is 6.28. The molecule has 2 N–H and O–H groups in total. The Hall–Kier alpha value is -2.63. The Labute approximate surface area is 123 Å². The fourth-order valence-corrected chi connectivity index (χ4v) is 1.45. The van der Waals surface area contributed by atoms with Crippen LogP contribution >= 0.6 is 0 Å².